The van der Waals surface area contributed by atoms with Gasteiger partial charge in [0.15, 0.2) is 0 Å². The number of halogens is 1. The molecular formula is C28H27ClN2O4. The Morgan fingerprint density at radius 2 is 1.91 bits per heavy atom. The number of rotatable bonds is 8. The Hall–Kier alpha value is -3.64. The van der Waals surface area contributed by atoms with Gasteiger partial charge in [0.2, 0.25) is 0 Å². The third-order valence-corrected chi connectivity index (χ3v) is 6.27. The van der Waals surface area contributed by atoms with Crippen LogP contribution in [0.25, 0.3) is 5.76 Å². The average Bonchev–Trinajstić information content (AvgIpc) is 3.10. The first-order valence-electron chi connectivity index (χ1n) is 11.6. The Morgan fingerprint density at radius 1 is 1.14 bits per heavy atom. The van der Waals surface area contributed by atoms with Crippen molar-refractivity contribution in [1.29, 1.82) is 0 Å². The molecule has 1 atom stereocenters. The second-order valence-corrected chi connectivity index (χ2v) is 8.95. The van der Waals surface area contributed by atoms with Crippen molar-refractivity contribution in [1.82, 2.24) is 9.88 Å². The second-order valence-electron chi connectivity index (χ2n) is 8.52. The van der Waals surface area contributed by atoms with Crippen LogP contribution in [0, 0.1) is 6.92 Å². The predicted octanol–water partition coefficient (Wildman–Crippen LogP) is 5.84. The van der Waals surface area contributed by atoms with Crippen molar-refractivity contribution in [3.05, 3.63) is 99.8 Å². The van der Waals surface area contributed by atoms with E-state index in [4.69, 9.17) is 16.3 Å². The quantitative estimate of drug-likeness (QED) is 0.185. The van der Waals surface area contributed by atoms with E-state index >= 15 is 0 Å². The van der Waals surface area contributed by atoms with Crippen molar-refractivity contribution < 1.29 is 19.4 Å². The van der Waals surface area contributed by atoms with Crippen LogP contribution < -0.4 is 4.74 Å². The van der Waals surface area contributed by atoms with Gasteiger partial charge in [-0.25, -0.2) is 0 Å². The summed E-state index contributed by atoms with van der Waals surface area (Å²) in [4.78, 5) is 32.0. The second kappa shape index (κ2) is 10.7. The standard InChI is InChI=1S/C28H27ClN2O4/c1-3-4-14-35-22-11-12-23(18(2)15-22)26(32)24-25(20-7-9-21(29)10-8-20)31(28(34)27(24)33)17-19-6-5-13-30-16-19/h5-13,15-16,25,32H,3-4,14,17H2,1-2H3/t25-/m1/s1. The summed E-state index contributed by atoms with van der Waals surface area (Å²) >= 11 is 6.09. The summed E-state index contributed by atoms with van der Waals surface area (Å²) in [6, 6.07) is 15.1. The van der Waals surface area contributed by atoms with Gasteiger partial charge in [-0.1, -0.05) is 43.1 Å². The van der Waals surface area contributed by atoms with Gasteiger partial charge in [0.1, 0.15) is 11.5 Å². The number of nitrogens with zero attached hydrogens (tertiary/aromatic N) is 2. The number of amides is 1. The van der Waals surface area contributed by atoms with Crippen LogP contribution >= 0.6 is 11.6 Å². The summed E-state index contributed by atoms with van der Waals surface area (Å²) in [5.41, 5.74) is 2.72. The molecule has 4 rings (SSSR count). The van der Waals surface area contributed by atoms with E-state index in [9.17, 15) is 14.7 Å². The van der Waals surface area contributed by atoms with Crippen molar-refractivity contribution in [2.75, 3.05) is 6.61 Å². The molecule has 0 unspecified atom stereocenters. The molecule has 1 saturated heterocycles. The normalized spacial score (nSPS) is 17.1. The molecule has 1 N–H and O–H groups in total. The molecule has 7 heteroatoms. The molecule has 2 heterocycles. The number of benzene rings is 2. The minimum absolute atomic E-state index is 0.0453. The summed E-state index contributed by atoms with van der Waals surface area (Å²) in [5, 5.41) is 11.9. The van der Waals surface area contributed by atoms with Gasteiger partial charge in [-0.2, -0.15) is 0 Å². The molecule has 35 heavy (non-hydrogen) atoms. The van der Waals surface area contributed by atoms with Gasteiger partial charge in [-0.05, 0) is 66.4 Å². The van der Waals surface area contributed by atoms with Crippen molar-refractivity contribution >= 4 is 29.1 Å². The number of likely N-dealkylation sites (tertiary alicyclic amines) is 1. The van der Waals surface area contributed by atoms with E-state index in [-0.39, 0.29) is 17.9 Å². The lowest BCUT2D eigenvalue weighted by molar-refractivity contribution is -0.140. The first-order chi connectivity index (χ1) is 16.9. The van der Waals surface area contributed by atoms with Crippen LogP contribution in [0.1, 0.15) is 48.1 Å². The highest BCUT2D eigenvalue weighted by Gasteiger charge is 2.46. The lowest BCUT2D eigenvalue weighted by Gasteiger charge is -2.25. The number of aromatic nitrogens is 1. The number of carbonyl (C=O) groups excluding carboxylic acids is 2. The van der Waals surface area contributed by atoms with Crippen LogP contribution in [0.15, 0.2) is 72.6 Å². The zero-order valence-electron chi connectivity index (χ0n) is 19.7. The first-order valence-corrected chi connectivity index (χ1v) is 11.9. The highest BCUT2D eigenvalue weighted by Crippen LogP contribution is 2.41. The maximum atomic E-state index is 13.2. The zero-order chi connectivity index (χ0) is 24.9. The molecular weight excluding hydrogens is 464 g/mol. The summed E-state index contributed by atoms with van der Waals surface area (Å²) in [7, 11) is 0. The van der Waals surface area contributed by atoms with E-state index in [0.717, 1.165) is 24.0 Å². The van der Waals surface area contributed by atoms with E-state index in [2.05, 4.69) is 11.9 Å². The highest BCUT2D eigenvalue weighted by molar-refractivity contribution is 6.46. The van der Waals surface area contributed by atoms with E-state index in [1.807, 2.05) is 19.1 Å². The number of ketones is 1. The van der Waals surface area contributed by atoms with Gasteiger partial charge in [-0.15, -0.1) is 0 Å². The summed E-state index contributed by atoms with van der Waals surface area (Å²) in [6.07, 6.45) is 5.27. The molecule has 1 aliphatic rings. The first kappa shape index (κ1) is 24.5. The molecule has 0 spiro atoms. The molecule has 3 aromatic rings. The number of pyridine rings is 1. The molecule has 1 aliphatic heterocycles. The molecule has 0 radical (unpaired) electrons. The lowest BCUT2D eigenvalue weighted by atomic mass is 9.94. The van der Waals surface area contributed by atoms with Gasteiger partial charge < -0.3 is 14.7 Å². The number of aliphatic hydroxyl groups is 1. The molecule has 0 aliphatic carbocycles. The van der Waals surface area contributed by atoms with Crippen LogP contribution in [-0.4, -0.2) is 33.3 Å². The SMILES string of the molecule is CCCCOc1ccc(C(O)=C2C(=O)C(=O)N(Cc3cccnc3)[C@@H]2c2ccc(Cl)cc2)c(C)c1. The molecule has 0 bridgehead atoms. The van der Waals surface area contributed by atoms with Gasteiger partial charge in [0, 0.05) is 29.5 Å². The number of unbranched alkanes of at least 4 members (excludes halogenated alkanes) is 1. The number of aliphatic hydroxyl groups excluding tert-OH is 1. The lowest BCUT2D eigenvalue weighted by Crippen LogP contribution is -2.29. The fourth-order valence-electron chi connectivity index (χ4n) is 4.19. The number of ether oxygens (including phenoxy) is 1. The third-order valence-electron chi connectivity index (χ3n) is 6.02. The van der Waals surface area contributed by atoms with Crippen LogP contribution in [0.3, 0.4) is 0 Å². The van der Waals surface area contributed by atoms with E-state index < -0.39 is 17.7 Å². The molecule has 1 aromatic heterocycles. The van der Waals surface area contributed by atoms with Crippen molar-refractivity contribution in [3.63, 3.8) is 0 Å². The van der Waals surface area contributed by atoms with E-state index in [1.165, 1.54) is 4.90 Å². The van der Waals surface area contributed by atoms with Crippen LogP contribution in [-0.2, 0) is 16.1 Å². The molecule has 1 amide bonds. The van der Waals surface area contributed by atoms with E-state index in [0.29, 0.717) is 28.5 Å². The highest BCUT2D eigenvalue weighted by atomic mass is 35.5. The Balaban J connectivity index is 1.78. The van der Waals surface area contributed by atoms with Gasteiger partial charge in [0.05, 0.1) is 18.2 Å². The largest absolute Gasteiger partial charge is 0.507 e. The fraction of sp³-hybridized carbons (Fsp3) is 0.250. The molecule has 6 nitrogen and oxygen atoms in total. The molecule has 180 valence electrons. The monoisotopic (exact) mass is 490 g/mol. The number of hydrogen-bond acceptors (Lipinski definition) is 5. The Labute approximate surface area is 209 Å². The van der Waals surface area contributed by atoms with Crippen LogP contribution in [0.2, 0.25) is 5.02 Å². The van der Waals surface area contributed by atoms with Crippen molar-refractivity contribution in [3.8, 4) is 5.75 Å². The van der Waals surface area contributed by atoms with E-state index in [1.54, 1.807) is 54.9 Å². The third kappa shape index (κ3) is 5.23. The van der Waals surface area contributed by atoms with Gasteiger partial charge in [0.25, 0.3) is 11.7 Å². The predicted molar refractivity (Wildman–Crippen MR) is 135 cm³/mol. The van der Waals surface area contributed by atoms with Crippen LogP contribution in [0.4, 0.5) is 0 Å². The summed E-state index contributed by atoms with van der Waals surface area (Å²) in [5.74, 6) is -0.921. The number of carbonyl (C=O) groups is 2. The van der Waals surface area contributed by atoms with Gasteiger partial charge >= 0.3 is 0 Å². The fourth-order valence-corrected chi connectivity index (χ4v) is 4.32. The Bertz CT molecular complexity index is 1260. The maximum Gasteiger partial charge on any atom is 0.295 e. The smallest absolute Gasteiger partial charge is 0.295 e. The van der Waals surface area contributed by atoms with Crippen LogP contribution in [0.5, 0.6) is 5.75 Å². The average molecular weight is 491 g/mol. The molecule has 2 aromatic carbocycles. The number of Topliss-reactive ketones (excluding diaryl/α,β-unsaturated/α-hetero) is 1. The molecule has 1 fully saturated rings. The Morgan fingerprint density at radius 3 is 2.57 bits per heavy atom. The zero-order valence-corrected chi connectivity index (χ0v) is 20.5. The maximum absolute atomic E-state index is 13.2. The van der Waals surface area contributed by atoms with Gasteiger partial charge in [-0.3, -0.25) is 14.6 Å². The number of aryl methyl sites for hydroxylation is 1. The molecule has 0 saturated carbocycles. The summed E-state index contributed by atoms with van der Waals surface area (Å²) in [6.45, 7) is 4.71. The van der Waals surface area contributed by atoms with Crippen molar-refractivity contribution in [2.24, 2.45) is 0 Å². The number of hydrogen-bond donors (Lipinski definition) is 1. The van der Waals surface area contributed by atoms with Crippen molar-refractivity contribution in [2.45, 2.75) is 39.3 Å². The topological polar surface area (TPSA) is 79.7 Å². The minimum Gasteiger partial charge on any atom is -0.507 e. The summed E-state index contributed by atoms with van der Waals surface area (Å²) < 4.78 is 5.77. The minimum atomic E-state index is -0.771. The Kier molecular flexibility index (Phi) is 7.51.